The normalized spacial score (nSPS) is 18.8. The van der Waals surface area contributed by atoms with E-state index in [4.69, 9.17) is 16.3 Å². The molecule has 31 heavy (non-hydrogen) atoms. The number of hydrogen-bond acceptors (Lipinski definition) is 5. The molecule has 10 heteroatoms. The molecule has 0 aromatic heterocycles. The fraction of sp³-hybridized carbons (Fsp3) is 0.333. The molecule has 0 aliphatic carbocycles. The molecule has 0 radical (unpaired) electrons. The zero-order valence-electron chi connectivity index (χ0n) is 16.9. The van der Waals surface area contributed by atoms with E-state index < -0.39 is 16.1 Å². The van der Waals surface area contributed by atoms with Crippen molar-refractivity contribution in [3.63, 3.8) is 0 Å². The lowest BCUT2D eigenvalue weighted by atomic mass is 10.2. The van der Waals surface area contributed by atoms with Gasteiger partial charge in [0.05, 0.1) is 10.7 Å². The summed E-state index contributed by atoms with van der Waals surface area (Å²) in [6.07, 6.45) is 0.994. The number of rotatable bonds is 5. The number of carbonyl (C=O) groups is 2. The maximum absolute atomic E-state index is 13.5. The Morgan fingerprint density at radius 2 is 2.03 bits per heavy atom. The van der Waals surface area contributed by atoms with Crippen LogP contribution in [0.3, 0.4) is 0 Å². The third kappa shape index (κ3) is 4.00. The first-order valence-electron chi connectivity index (χ1n) is 9.97. The molecule has 0 saturated carbocycles. The lowest BCUT2D eigenvalue weighted by molar-refractivity contribution is -0.121. The molecule has 2 aromatic carbocycles. The topological polar surface area (TPSA) is 96.0 Å². The molecule has 1 unspecified atom stereocenters. The van der Waals surface area contributed by atoms with Crippen LogP contribution in [0, 0.1) is 0 Å². The Bertz CT molecular complexity index is 1120. The third-order valence-corrected chi connectivity index (χ3v) is 7.77. The summed E-state index contributed by atoms with van der Waals surface area (Å²) in [5, 5.41) is 2.56. The number of nitrogens with zero attached hydrogens (tertiary/aromatic N) is 2. The van der Waals surface area contributed by atoms with Gasteiger partial charge in [-0.25, -0.2) is 8.42 Å². The molecule has 2 aliphatic rings. The van der Waals surface area contributed by atoms with Gasteiger partial charge in [-0.05, 0) is 38.0 Å². The number of carbonyl (C=O) groups excluding carboxylic acids is 2. The second-order valence-electron chi connectivity index (χ2n) is 7.31. The molecule has 2 heterocycles. The fourth-order valence-electron chi connectivity index (χ4n) is 3.93. The van der Waals surface area contributed by atoms with Gasteiger partial charge in [-0.2, -0.15) is 4.31 Å². The molecular weight excluding hydrogens is 442 g/mol. The number of halogens is 1. The number of para-hydroxylation sites is 1. The van der Waals surface area contributed by atoms with Crippen LogP contribution in [0.2, 0.25) is 5.02 Å². The number of ether oxygens (including phenoxy) is 1. The van der Waals surface area contributed by atoms with Gasteiger partial charge in [0.15, 0.2) is 6.61 Å². The van der Waals surface area contributed by atoms with E-state index >= 15 is 0 Å². The number of hydrogen-bond donors (Lipinski definition) is 1. The number of fused-ring (bicyclic) bond motifs is 1. The van der Waals surface area contributed by atoms with Gasteiger partial charge in [0.2, 0.25) is 15.9 Å². The van der Waals surface area contributed by atoms with Crippen LogP contribution in [0.25, 0.3) is 0 Å². The molecule has 0 spiro atoms. The summed E-state index contributed by atoms with van der Waals surface area (Å²) in [7, 11) is -4.07. The number of nitrogens with one attached hydrogen (secondary N) is 1. The van der Waals surface area contributed by atoms with Crippen molar-refractivity contribution >= 4 is 44.8 Å². The molecule has 1 N–H and O–H groups in total. The highest BCUT2D eigenvalue weighted by atomic mass is 35.5. The smallest absolute Gasteiger partial charge is 0.262 e. The second kappa shape index (κ2) is 8.49. The van der Waals surface area contributed by atoms with Crippen LogP contribution >= 0.6 is 11.6 Å². The second-order valence-corrected chi connectivity index (χ2v) is 9.57. The van der Waals surface area contributed by atoms with Crippen molar-refractivity contribution in [2.24, 2.45) is 0 Å². The standard InChI is InChI=1S/C21H22ClN3O5S/c1-2-24(14-7-4-3-5-8-14)21(27)17-9-6-10-25(17)31(28,29)19-12-18-16(11-15(19)22)23-20(26)13-30-18/h3-5,7-8,11-12,17H,2,6,9-10,13H2,1H3,(H,23,26). The van der Waals surface area contributed by atoms with Gasteiger partial charge in [-0.3, -0.25) is 9.59 Å². The molecule has 2 amide bonds. The van der Waals surface area contributed by atoms with Crippen LogP contribution in [0.1, 0.15) is 19.8 Å². The van der Waals surface area contributed by atoms with Gasteiger partial charge in [-0.15, -0.1) is 0 Å². The summed E-state index contributed by atoms with van der Waals surface area (Å²) in [6, 6.07) is 11.0. The predicted octanol–water partition coefficient (Wildman–Crippen LogP) is 2.88. The van der Waals surface area contributed by atoms with Crippen LogP contribution in [-0.4, -0.2) is 50.3 Å². The van der Waals surface area contributed by atoms with Crippen molar-refractivity contribution in [2.45, 2.75) is 30.7 Å². The van der Waals surface area contributed by atoms with E-state index in [0.717, 1.165) is 5.69 Å². The minimum Gasteiger partial charge on any atom is -0.482 e. The van der Waals surface area contributed by atoms with Crippen molar-refractivity contribution in [3.8, 4) is 5.75 Å². The minimum atomic E-state index is -4.07. The molecule has 1 saturated heterocycles. The van der Waals surface area contributed by atoms with Crippen molar-refractivity contribution in [1.82, 2.24) is 4.31 Å². The van der Waals surface area contributed by atoms with Crippen molar-refractivity contribution in [3.05, 3.63) is 47.5 Å². The van der Waals surface area contributed by atoms with Gasteiger partial charge >= 0.3 is 0 Å². The summed E-state index contributed by atoms with van der Waals surface area (Å²) in [5.41, 5.74) is 1.03. The molecular formula is C21H22ClN3O5S. The molecule has 2 aliphatic heterocycles. The van der Waals surface area contributed by atoms with Gasteiger partial charge < -0.3 is 15.0 Å². The number of likely N-dealkylation sites (N-methyl/N-ethyl adjacent to an activating group) is 1. The zero-order chi connectivity index (χ0) is 22.2. The molecule has 2 aromatic rings. The van der Waals surface area contributed by atoms with E-state index in [1.165, 1.54) is 16.4 Å². The maximum atomic E-state index is 13.5. The molecule has 4 rings (SSSR count). The first-order chi connectivity index (χ1) is 14.8. The predicted molar refractivity (Wildman–Crippen MR) is 117 cm³/mol. The van der Waals surface area contributed by atoms with Gasteiger partial charge in [0.1, 0.15) is 16.7 Å². The van der Waals surface area contributed by atoms with Crippen LogP contribution in [0.5, 0.6) is 5.75 Å². The Morgan fingerprint density at radius 3 is 2.74 bits per heavy atom. The Labute approximate surface area is 185 Å². The quantitative estimate of drug-likeness (QED) is 0.735. The highest BCUT2D eigenvalue weighted by Crippen LogP contribution is 2.38. The van der Waals surface area contributed by atoms with E-state index in [1.54, 1.807) is 4.90 Å². The summed E-state index contributed by atoms with van der Waals surface area (Å²) >= 11 is 6.28. The van der Waals surface area contributed by atoms with Crippen LogP contribution in [-0.2, 0) is 19.6 Å². The first kappa shape index (κ1) is 21.6. The Morgan fingerprint density at radius 1 is 1.29 bits per heavy atom. The summed E-state index contributed by atoms with van der Waals surface area (Å²) in [6.45, 7) is 2.28. The Kier molecular flexibility index (Phi) is 5.92. The lowest BCUT2D eigenvalue weighted by Crippen LogP contribution is -2.48. The minimum absolute atomic E-state index is 0.0435. The largest absolute Gasteiger partial charge is 0.482 e. The molecule has 0 bridgehead atoms. The first-order valence-corrected chi connectivity index (χ1v) is 11.8. The average Bonchev–Trinajstić information content (AvgIpc) is 3.25. The van der Waals surface area contributed by atoms with Crippen molar-refractivity contribution in [1.29, 1.82) is 0 Å². The van der Waals surface area contributed by atoms with Crippen LogP contribution in [0.15, 0.2) is 47.4 Å². The number of benzene rings is 2. The molecule has 1 fully saturated rings. The summed E-state index contributed by atoms with van der Waals surface area (Å²) < 4.78 is 33.6. The summed E-state index contributed by atoms with van der Waals surface area (Å²) in [4.78, 5) is 26.3. The third-order valence-electron chi connectivity index (χ3n) is 5.39. The van der Waals surface area contributed by atoms with Gasteiger partial charge in [-0.1, -0.05) is 29.8 Å². The SMILES string of the molecule is CCN(C(=O)C1CCCN1S(=O)(=O)c1cc2c(cc1Cl)NC(=O)CO2)c1ccccc1. The highest BCUT2D eigenvalue weighted by Gasteiger charge is 2.42. The van der Waals surface area contributed by atoms with E-state index in [2.05, 4.69) is 5.32 Å². The van der Waals surface area contributed by atoms with Gasteiger partial charge in [0.25, 0.3) is 5.91 Å². The van der Waals surface area contributed by atoms with Crippen LogP contribution < -0.4 is 15.0 Å². The Balaban J connectivity index is 1.67. The van der Waals surface area contributed by atoms with Crippen molar-refractivity contribution in [2.75, 3.05) is 29.9 Å². The monoisotopic (exact) mass is 463 g/mol. The number of sulfonamides is 1. The maximum Gasteiger partial charge on any atom is 0.262 e. The van der Waals surface area contributed by atoms with Gasteiger partial charge in [0, 0.05) is 24.8 Å². The molecule has 164 valence electrons. The van der Waals surface area contributed by atoms with E-state index in [1.807, 2.05) is 37.3 Å². The summed E-state index contributed by atoms with van der Waals surface area (Å²) in [5.74, 6) is -0.388. The number of amides is 2. The lowest BCUT2D eigenvalue weighted by Gasteiger charge is -2.29. The zero-order valence-corrected chi connectivity index (χ0v) is 18.4. The van der Waals surface area contributed by atoms with Crippen LogP contribution in [0.4, 0.5) is 11.4 Å². The fourth-order valence-corrected chi connectivity index (χ4v) is 6.10. The molecule has 1 atom stereocenters. The van der Waals surface area contributed by atoms with E-state index in [-0.39, 0.29) is 40.6 Å². The highest BCUT2D eigenvalue weighted by molar-refractivity contribution is 7.89. The number of anilines is 2. The Hall–Kier alpha value is -2.62. The van der Waals surface area contributed by atoms with E-state index in [0.29, 0.717) is 25.1 Å². The van der Waals surface area contributed by atoms with Crippen molar-refractivity contribution < 1.29 is 22.7 Å². The molecule has 8 nitrogen and oxygen atoms in total. The average molecular weight is 464 g/mol. The van der Waals surface area contributed by atoms with E-state index in [9.17, 15) is 18.0 Å².